The maximum atomic E-state index is 6.19. The molecule has 1 aromatic rings. The van der Waals surface area contributed by atoms with Crippen LogP contribution in [0, 0.1) is 0 Å². The number of nitrogens with zero attached hydrogens (tertiary/aromatic N) is 2. The first-order chi connectivity index (χ1) is 9.26. The van der Waals surface area contributed by atoms with Crippen LogP contribution in [-0.4, -0.2) is 24.6 Å². The monoisotopic (exact) mass is 281 g/mol. The van der Waals surface area contributed by atoms with Crippen molar-refractivity contribution in [2.45, 2.75) is 51.6 Å². The summed E-state index contributed by atoms with van der Waals surface area (Å²) in [4.78, 5) is 7.02. The van der Waals surface area contributed by atoms with E-state index in [-0.39, 0.29) is 0 Å². The van der Waals surface area contributed by atoms with E-state index in [1.807, 2.05) is 7.05 Å². The number of halogens is 1. The van der Waals surface area contributed by atoms with Crippen molar-refractivity contribution in [2.75, 3.05) is 18.5 Å². The number of anilines is 1. The van der Waals surface area contributed by atoms with Crippen LogP contribution in [0.1, 0.15) is 44.6 Å². The van der Waals surface area contributed by atoms with Crippen molar-refractivity contribution < 1.29 is 0 Å². The average Bonchev–Trinajstić information content (AvgIpc) is 2.43. The number of pyridine rings is 1. The molecule has 0 bridgehead atoms. The number of aromatic nitrogens is 1. The van der Waals surface area contributed by atoms with E-state index in [2.05, 4.69) is 28.2 Å². The third-order valence-electron chi connectivity index (χ3n) is 3.83. The van der Waals surface area contributed by atoms with E-state index >= 15 is 0 Å². The number of nitrogens with one attached hydrogen (secondary N) is 1. The lowest BCUT2D eigenvalue weighted by Crippen LogP contribution is -2.40. The molecule has 1 N–H and O–H groups in total. The Morgan fingerprint density at radius 1 is 1.47 bits per heavy atom. The minimum atomic E-state index is 0.648. The Hall–Kier alpha value is -0.800. The Balaban J connectivity index is 2.20. The molecule has 1 atom stereocenters. The van der Waals surface area contributed by atoms with Gasteiger partial charge in [-0.25, -0.2) is 4.98 Å². The molecule has 4 heteroatoms. The molecule has 19 heavy (non-hydrogen) atoms. The first kappa shape index (κ1) is 14.6. The smallest absolute Gasteiger partial charge is 0.129 e. The van der Waals surface area contributed by atoms with E-state index in [1.54, 1.807) is 6.20 Å². The zero-order valence-electron chi connectivity index (χ0n) is 12.0. The van der Waals surface area contributed by atoms with Gasteiger partial charge in [0.25, 0.3) is 0 Å². The Morgan fingerprint density at radius 2 is 2.32 bits per heavy atom. The van der Waals surface area contributed by atoms with Crippen molar-refractivity contribution in [1.82, 2.24) is 10.3 Å². The van der Waals surface area contributed by atoms with E-state index in [9.17, 15) is 0 Å². The molecule has 1 aromatic heterocycles. The zero-order chi connectivity index (χ0) is 13.7. The highest BCUT2D eigenvalue weighted by atomic mass is 35.5. The van der Waals surface area contributed by atoms with Gasteiger partial charge >= 0.3 is 0 Å². The van der Waals surface area contributed by atoms with Crippen LogP contribution in [0.4, 0.5) is 5.82 Å². The molecule has 106 valence electrons. The minimum absolute atomic E-state index is 0.648. The Bertz CT molecular complexity index is 406. The molecule has 2 rings (SSSR count). The average molecular weight is 282 g/mol. The Labute approximate surface area is 121 Å². The van der Waals surface area contributed by atoms with E-state index < -0.39 is 0 Å². The van der Waals surface area contributed by atoms with Crippen molar-refractivity contribution >= 4 is 17.4 Å². The van der Waals surface area contributed by atoms with Crippen molar-refractivity contribution in [3.8, 4) is 0 Å². The SMILES string of the molecule is CCCC1CCCCN1c1cc(CNC)c(Cl)cn1. The van der Waals surface area contributed by atoms with Gasteiger partial charge in [0, 0.05) is 25.3 Å². The number of hydrogen-bond acceptors (Lipinski definition) is 3. The minimum Gasteiger partial charge on any atom is -0.354 e. The predicted octanol–water partition coefficient (Wildman–Crippen LogP) is 3.61. The topological polar surface area (TPSA) is 28.2 Å². The highest BCUT2D eigenvalue weighted by molar-refractivity contribution is 6.31. The largest absolute Gasteiger partial charge is 0.354 e. The molecule has 2 heterocycles. The summed E-state index contributed by atoms with van der Waals surface area (Å²) in [6.45, 7) is 4.17. The molecule has 1 unspecified atom stereocenters. The van der Waals surface area contributed by atoms with Gasteiger partial charge in [0.1, 0.15) is 5.82 Å². The van der Waals surface area contributed by atoms with Gasteiger partial charge in [0.2, 0.25) is 0 Å². The van der Waals surface area contributed by atoms with Crippen molar-refractivity contribution in [3.05, 3.63) is 22.8 Å². The Kier molecular flexibility index (Phi) is 5.46. The second-order valence-corrected chi connectivity index (χ2v) is 5.70. The summed E-state index contributed by atoms with van der Waals surface area (Å²) < 4.78 is 0. The van der Waals surface area contributed by atoms with Gasteiger partial charge in [-0.05, 0) is 44.4 Å². The fourth-order valence-corrected chi connectivity index (χ4v) is 3.06. The van der Waals surface area contributed by atoms with Gasteiger partial charge in [-0.3, -0.25) is 0 Å². The highest BCUT2D eigenvalue weighted by Crippen LogP contribution is 2.28. The summed E-state index contributed by atoms with van der Waals surface area (Å²) in [5, 5.41) is 3.91. The van der Waals surface area contributed by atoms with E-state index in [0.717, 1.165) is 29.5 Å². The van der Waals surface area contributed by atoms with Crippen LogP contribution in [0.15, 0.2) is 12.3 Å². The second-order valence-electron chi connectivity index (χ2n) is 5.30. The summed E-state index contributed by atoms with van der Waals surface area (Å²) in [6.07, 6.45) is 8.19. The number of hydrogen-bond donors (Lipinski definition) is 1. The van der Waals surface area contributed by atoms with Crippen LogP contribution >= 0.6 is 11.6 Å². The number of rotatable bonds is 5. The van der Waals surface area contributed by atoms with Crippen LogP contribution in [0.25, 0.3) is 0 Å². The molecule has 0 aromatic carbocycles. The lowest BCUT2D eigenvalue weighted by Gasteiger charge is -2.37. The molecule has 1 aliphatic heterocycles. The van der Waals surface area contributed by atoms with Gasteiger partial charge in [-0.1, -0.05) is 24.9 Å². The second kappa shape index (κ2) is 7.11. The maximum Gasteiger partial charge on any atom is 0.129 e. The van der Waals surface area contributed by atoms with Crippen LogP contribution in [0.5, 0.6) is 0 Å². The zero-order valence-corrected chi connectivity index (χ0v) is 12.7. The lowest BCUT2D eigenvalue weighted by atomic mass is 9.98. The highest BCUT2D eigenvalue weighted by Gasteiger charge is 2.23. The quantitative estimate of drug-likeness (QED) is 0.894. The molecule has 1 aliphatic rings. The van der Waals surface area contributed by atoms with Crippen molar-refractivity contribution in [3.63, 3.8) is 0 Å². The summed E-state index contributed by atoms with van der Waals surface area (Å²) in [7, 11) is 1.94. The maximum absolute atomic E-state index is 6.19. The van der Waals surface area contributed by atoms with Crippen LogP contribution < -0.4 is 10.2 Å². The number of piperidine rings is 1. The van der Waals surface area contributed by atoms with Crippen molar-refractivity contribution in [1.29, 1.82) is 0 Å². The van der Waals surface area contributed by atoms with Crippen LogP contribution in [-0.2, 0) is 6.54 Å². The molecular formula is C15H24ClN3. The normalized spacial score (nSPS) is 19.7. The molecule has 0 aliphatic carbocycles. The summed E-state index contributed by atoms with van der Waals surface area (Å²) >= 11 is 6.19. The molecule has 0 saturated carbocycles. The molecule has 0 radical (unpaired) electrons. The van der Waals surface area contributed by atoms with Crippen LogP contribution in [0.3, 0.4) is 0 Å². The van der Waals surface area contributed by atoms with Crippen molar-refractivity contribution in [2.24, 2.45) is 0 Å². The van der Waals surface area contributed by atoms with Crippen LogP contribution in [0.2, 0.25) is 5.02 Å². The van der Waals surface area contributed by atoms with E-state index in [4.69, 9.17) is 11.6 Å². The van der Waals surface area contributed by atoms with Gasteiger partial charge in [0.15, 0.2) is 0 Å². The molecule has 3 nitrogen and oxygen atoms in total. The van der Waals surface area contributed by atoms with Gasteiger partial charge in [0.05, 0.1) is 5.02 Å². The molecule has 0 spiro atoms. The summed E-state index contributed by atoms with van der Waals surface area (Å²) in [6, 6.07) is 2.79. The lowest BCUT2D eigenvalue weighted by molar-refractivity contribution is 0.432. The Morgan fingerprint density at radius 3 is 3.05 bits per heavy atom. The standard InChI is InChI=1S/C15H24ClN3/c1-3-6-13-7-4-5-8-19(13)15-9-12(10-17-2)14(16)11-18-15/h9,11,13,17H,3-8,10H2,1-2H3. The first-order valence-corrected chi connectivity index (χ1v) is 7.69. The summed E-state index contributed by atoms with van der Waals surface area (Å²) in [5.74, 6) is 1.09. The molecule has 1 fully saturated rings. The third kappa shape index (κ3) is 3.61. The predicted molar refractivity (Wildman–Crippen MR) is 81.9 cm³/mol. The van der Waals surface area contributed by atoms with Gasteiger partial charge < -0.3 is 10.2 Å². The molecule has 0 amide bonds. The fourth-order valence-electron chi connectivity index (χ4n) is 2.89. The first-order valence-electron chi connectivity index (χ1n) is 7.32. The molecular weight excluding hydrogens is 258 g/mol. The van der Waals surface area contributed by atoms with E-state index in [0.29, 0.717) is 6.04 Å². The molecule has 1 saturated heterocycles. The fraction of sp³-hybridized carbons (Fsp3) is 0.667. The van der Waals surface area contributed by atoms with Gasteiger partial charge in [-0.15, -0.1) is 0 Å². The third-order valence-corrected chi connectivity index (χ3v) is 4.17. The van der Waals surface area contributed by atoms with E-state index in [1.165, 1.54) is 32.1 Å². The van der Waals surface area contributed by atoms with Gasteiger partial charge in [-0.2, -0.15) is 0 Å². The summed E-state index contributed by atoms with van der Waals surface area (Å²) in [5.41, 5.74) is 1.13.